The third-order valence-corrected chi connectivity index (χ3v) is 9.03. The monoisotopic (exact) mass is 490 g/mol. The van der Waals surface area contributed by atoms with Gasteiger partial charge in [-0.2, -0.15) is 0 Å². The Balaban J connectivity index is 1.18. The van der Waals surface area contributed by atoms with E-state index in [0.29, 0.717) is 25.9 Å². The lowest BCUT2D eigenvalue weighted by Gasteiger charge is -2.13. The summed E-state index contributed by atoms with van der Waals surface area (Å²) in [5, 5.41) is 6.52. The Hall–Kier alpha value is -1.51. The van der Waals surface area contributed by atoms with Crippen molar-refractivity contribution in [2.45, 2.75) is 63.0 Å². The number of hydrogen-bond donors (Lipinski definition) is 2. The summed E-state index contributed by atoms with van der Waals surface area (Å²) in [6.45, 7) is 4.46. The lowest BCUT2D eigenvalue weighted by molar-refractivity contribution is -0.122. The fraction of sp³-hybridized carbons (Fsp3) is 0.640. The van der Waals surface area contributed by atoms with Crippen LogP contribution in [0.2, 0.25) is 0 Å². The summed E-state index contributed by atoms with van der Waals surface area (Å²) >= 11 is 0. The zero-order chi connectivity index (χ0) is 23.1. The summed E-state index contributed by atoms with van der Waals surface area (Å²) in [5.41, 5.74) is 2.12. The number of likely N-dealkylation sites (tertiary alicyclic amines) is 1. The maximum Gasteiger partial charge on any atom is 0.223 e. The normalized spacial score (nSPS) is 18.7. The predicted molar refractivity (Wildman–Crippen MR) is 140 cm³/mol. The van der Waals surface area contributed by atoms with Gasteiger partial charge >= 0.3 is 0 Å². The first kappa shape index (κ1) is 26.1. The van der Waals surface area contributed by atoms with E-state index in [-0.39, 0.29) is 11.8 Å². The first-order chi connectivity index (χ1) is 16.2. The second kappa shape index (κ2) is 15.4. The molecule has 33 heavy (non-hydrogen) atoms. The van der Waals surface area contributed by atoms with Crippen LogP contribution in [0.4, 0.5) is 0 Å². The summed E-state index contributed by atoms with van der Waals surface area (Å²) < 4.78 is 0. The van der Waals surface area contributed by atoms with Crippen molar-refractivity contribution in [2.75, 3.05) is 38.5 Å². The van der Waals surface area contributed by atoms with Gasteiger partial charge in [0.05, 0.1) is 0 Å². The van der Waals surface area contributed by atoms with Crippen molar-refractivity contribution in [3.63, 3.8) is 0 Å². The highest BCUT2D eigenvalue weighted by atomic mass is 33.1. The van der Waals surface area contributed by atoms with Crippen LogP contribution < -0.4 is 10.6 Å². The molecular weight excluding hydrogens is 452 g/mol. The topological polar surface area (TPSA) is 74.3 Å². The molecule has 0 spiro atoms. The third kappa shape index (κ3) is 11.0. The molecule has 3 rings (SSSR count). The largest absolute Gasteiger partial charge is 0.354 e. The molecule has 3 heterocycles. The number of carbonyl (C=O) groups excluding carboxylic acids is 2. The Bertz CT molecular complexity index is 745. The van der Waals surface area contributed by atoms with Crippen LogP contribution in [0.25, 0.3) is 6.08 Å². The van der Waals surface area contributed by atoms with Crippen molar-refractivity contribution < 1.29 is 9.59 Å². The highest BCUT2D eigenvalue weighted by Crippen LogP contribution is 2.39. The highest BCUT2D eigenvalue weighted by molar-refractivity contribution is 8.77. The van der Waals surface area contributed by atoms with E-state index in [1.54, 1.807) is 0 Å². The summed E-state index contributed by atoms with van der Waals surface area (Å²) in [6.07, 6.45) is 14.8. The van der Waals surface area contributed by atoms with Crippen molar-refractivity contribution in [3.05, 3.63) is 35.7 Å². The van der Waals surface area contributed by atoms with Gasteiger partial charge in [-0.15, -0.1) is 0 Å². The number of nitrogens with one attached hydrogen (secondary N) is 2. The van der Waals surface area contributed by atoms with E-state index >= 15 is 0 Å². The molecule has 1 atom stereocenters. The molecule has 6 nitrogen and oxygen atoms in total. The maximum atomic E-state index is 12.0. The molecule has 0 bridgehead atoms. The molecule has 0 unspecified atom stereocenters. The van der Waals surface area contributed by atoms with Gasteiger partial charge in [-0.25, -0.2) is 0 Å². The molecule has 2 saturated heterocycles. The van der Waals surface area contributed by atoms with Crippen LogP contribution in [0.1, 0.15) is 62.6 Å². The number of nitrogens with zero attached hydrogens (tertiary/aromatic N) is 2. The quantitative estimate of drug-likeness (QED) is 0.303. The van der Waals surface area contributed by atoms with Gasteiger partial charge < -0.3 is 15.5 Å². The van der Waals surface area contributed by atoms with E-state index in [4.69, 9.17) is 0 Å². The predicted octanol–water partition coefficient (Wildman–Crippen LogP) is 4.07. The molecule has 182 valence electrons. The molecule has 2 aliphatic heterocycles. The molecule has 2 aliphatic rings. The van der Waals surface area contributed by atoms with E-state index in [0.717, 1.165) is 42.3 Å². The van der Waals surface area contributed by atoms with Gasteiger partial charge in [-0.05, 0) is 56.8 Å². The van der Waals surface area contributed by atoms with Gasteiger partial charge in [0.25, 0.3) is 0 Å². The molecular formula is C25H38N4O2S2. The SMILES string of the molecule is O=C(CC=Cc1ccc(CCN2CCCC2)nc1)NCCNC(=O)CCCC[C@@H]1CCSS1. The molecule has 0 aliphatic carbocycles. The highest BCUT2D eigenvalue weighted by Gasteiger charge is 2.15. The fourth-order valence-corrected chi connectivity index (χ4v) is 7.08. The summed E-state index contributed by atoms with van der Waals surface area (Å²) in [5.74, 6) is 1.30. The molecule has 1 aromatic rings. The standard InChI is InChI=1S/C25H38N4O2S2/c30-24(8-2-1-7-23-13-19-32-33-23)26-14-15-27-25(31)9-5-6-21-10-11-22(28-20-21)12-18-29-16-3-4-17-29/h5-6,10-11,20,23H,1-4,7-9,12-19H2,(H,26,30)(H,27,31)/t23-/m1/s1. The molecule has 0 radical (unpaired) electrons. The summed E-state index contributed by atoms with van der Waals surface area (Å²) in [6, 6.07) is 4.13. The summed E-state index contributed by atoms with van der Waals surface area (Å²) in [7, 11) is 3.96. The van der Waals surface area contributed by atoms with E-state index in [1.807, 2.05) is 39.9 Å². The van der Waals surface area contributed by atoms with Crippen LogP contribution in [0.5, 0.6) is 0 Å². The number of amides is 2. The van der Waals surface area contributed by atoms with Gasteiger partial charge in [-0.3, -0.25) is 14.6 Å². The number of rotatable bonds is 14. The molecule has 0 saturated carbocycles. The fourth-order valence-electron chi connectivity index (χ4n) is 4.05. The molecule has 1 aromatic heterocycles. The van der Waals surface area contributed by atoms with E-state index in [2.05, 4.69) is 32.7 Å². The Labute approximate surface area is 206 Å². The van der Waals surface area contributed by atoms with Gasteiger partial charge in [0.1, 0.15) is 0 Å². The number of unbranched alkanes of at least 4 members (excludes halogenated alkanes) is 1. The van der Waals surface area contributed by atoms with Crippen molar-refractivity contribution in [2.24, 2.45) is 0 Å². The smallest absolute Gasteiger partial charge is 0.223 e. The maximum absolute atomic E-state index is 12.0. The second-order valence-corrected chi connectivity index (χ2v) is 11.6. The van der Waals surface area contributed by atoms with E-state index in [9.17, 15) is 9.59 Å². The van der Waals surface area contributed by atoms with Crippen LogP contribution in [0, 0.1) is 0 Å². The molecule has 8 heteroatoms. The van der Waals surface area contributed by atoms with Crippen molar-refractivity contribution in [1.82, 2.24) is 20.5 Å². The van der Waals surface area contributed by atoms with Crippen LogP contribution in [0.3, 0.4) is 0 Å². The van der Waals surface area contributed by atoms with Crippen LogP contribution in [-0.2, 0) is 16.0 Å². The van der Waals surface area contributed by atoms with E-state index < -0.39 is 0 Å². The summed E-state index contributed by atoms with van der Waals surface area (Å²) in [4.78, 5) is 30.9. The zero-order valence-electron chi connectivity index (χ0n) is 19.6. The Morgan fingerprint density at radius 1 is 1.12 bits per heavy atom. The lowest BCUT2D eigenvalue weighted by atomic mass is 10.1. The molecule has 2 fully saturated rings. The second-order valence-electron chi connectivity index (χ2n) is 8.76. The van der Waals surface area contributed by atoms with Crippen molar-refractivity contribution >= 4 is 39.5 Å². The van der Waals surface area contributed by atoms with Crippen LogP contribution >= 0.6 is 21.6 Å². The number of hydrogen-bond acceptors (Lipinski definition) is 6. The first-order valence-corrected chi connectivity index (χ1v) is 14.7. The van der Waals surface area contributed by atoms with Gasteiger partial charge in [-0.1, -0.05) is 46.2 Å². The van der Waals surface area contributed by atoms with Crippen molar-refractivity contribution in [3.8, 4) is 0 Å². The zero-order valence-corrected chi connectivity index (χ0v) is 21.2. The third-order valence-electron chi connectivity index (χ3n) is 6.02. The van der Waals surface area contributed by atoms with Crippen LogP contribution in [-0.4, -0.2) is 65.4 Å². The molecule has 0 aromatic carbocycles. The minimum absolute atomic E-state index is 0.0392. The lowest BCUT2D eigenvalue weighted by Crippen LogP contribution is -2.34. The minimum atomic E-state index is -0.0392. The number of carbonyl (C=O) groups is 2. The van der Waals surface area contributed by atoms with E-state index in [1.165, 1.54) is 44.5 Å². The van der Waals surface area contributed by atoms with Gasteiger partial charge in [0, 0.05) is 61.8 Å². The van der Waals surface area contributed by atoms with Crippen molar-refractivity contribution in [1.29, 1.82) is 0 Å². The number of pyridine rings is 1. The number of aromatic nitrogens is 1. The Morgan fingerprint density at radius 2 is 1.94 bits per heavy atom. The van der Waals surface area contributed by atoms with Crippen LogP contribution in [0.15, 0.2) is 24.4 Å². The molecule has 2 amide bonds. The average Bonchev–Trinajstić information content (AvgIpc) is 3.53. The first-order valence-electron chi connectivity index (χ1n) is 12.3. The van der Waals surface area contributed by atoms with Gasteiger partial charge in [0.2, 0.25) is 11.8 Å². The minimum Gasteiger partial charge on any atom is -0.354 e. The Kier molecular flexibility index (Phi) is 12.2. The average molecular weight is 491 g/mol. The van der Waals surface area contributed by atoms with Gasteiger partial charge in [0.15, 0.2) is 0 Å². The Morgan fingerprint density at radius 3 is 2.67 bits per heavy atom. The molecule has 2 N–H and O–H groups in total.